The minimum Gasteiger partial charge on any atom is -0.457 e. The average molecular weight is 538 g/mol. The van der Waals surface area contributed by atoms with Gasteiger partial charge >= 0.3 is 0 Å². The van der Waals surface area contributed by atoms with Gasteiger partial charge in [-0.1, -0.05) is 35.4 Å². The summed E-state index contributed by atoms with van der Waals surface area (Å²) in [5, 5.41) is 9.39. The van der Waals surface area contributed by atoms with E-state index in [9.17, 15) is 9.59 Å². The van der Waals surface area contributed by atoms with Crippen LogP contribution in [-0.2, 0) is 9.59 Å². The van der Waals surface area contributed by atoms with Crippen molar-refractivity contribution in [2.24, 2.45) is 9.98 Å². The number of hydrogen-bond donors (Lipinski definition) is 3. The second kappa shape index (κ2) is 18.5. The molecule has 1 fully saturated rings. The maximum absolute atomic E-state index is 12.0. The molecule has 2 aliphatic rings. The van der Waals surface area contributed by atoms with E-state index in [0.29, 0.717) is 10.8 Å². The number of nitrogens with one attached hydrogen (secondary N) is 3. The highest BCUT2D eigenvalue weighted by Gasteiger charge is 2.21. The van der Waals surface area contributed by atoms with E-state index in [4.69, 9.17) is 16.3 Å². The summed E-state index contributed by atoms with van der Waals surface area (Å²) < 4.78 is 5.71. The Hall–Kier alpha value is -3.75. The lowest BCUT2D eigenvalue weighted by atomic mass is 10.1. The monoisotopic (exact) mass is 537 g/mol. The van der Waals surface area contributed by atoms with Crippen LogP contribution in [0.2, 0.25) is 5.02 Å². The summed E-state index contributed by atoms with van der Waals surface area (Å²) in [5.74, 6) is 1.44. The van der Waals surface area contributed by atoms with Crippen LogP contribution in [0, 0.1) is 0 Å². The van der Waals surface area contributed by atoms with Crippen molar-refractivity contribution >= 4 is 42.2 Å². The molecule has 1 aliphatic heterocycles. The van der Waals surface area contributed by atoms with Gasteiger partial charge < -0.3 is 25.5 Å². The molecule has 2 aromatic carbocycles. The van der Waals surface area contributed by atoms with Crippen LogP contribution in [0.1, 0.15) is 32.6 Å². The van der Waals surface area contributed by atoms with Gasteiger partial charge in [0.2, 0.25) is 5.91 Å². The molecule has 3 N–H and O–H groups in total. The standard InChI is InChI=1S/C17H17ClN2O2.C7H10.C5H9N3O/c18-12-3-7-14(8-4-12)22-15-9-5-13(6-10-15)20-17(21)16-2-1-11-19-16;1-7-5-3-2-4-6-7;1-6-4-8-5-7-2-3-9/h3-10,16,19H,1-2,11H2,(H,20,21);2-3,5H,4,6H2,1H3;3-5H,2H2,1H3,(H,6,7,8)/t16-;;/m0../s1. The summed E-state index contributed by atoms with van der Waals surface area (Å²) in [7, 11) is 1.64. The van der Waals surface area contributed by atoms with Gasteiger partial charge in [-0.3, -0.25) is 14.8 Å². The largest absolute Gasteiger partial charge is 0.457 e. The van der Waals surface area contributed by atoms with Gasteiger partial charge in [-0.25, -0.2) is 0 Å². The Morgan fingerprint density at radius 2 is 1.84 bits per heavy atom. The van der Waals surface area contributed by atoms with Crippen LogP contribution in [0.5, 0.6) is 11.5 Å². The minimum atomic E-state index is -0.0787. The van der Waals surface area contributed by atoms with Gasteiger partial charge in [-0.15, -0.1) is 0 Å². The maximum Gasteiger partial charge on any atom is 0.241 e. The van der Waals surface area contributed by atoms with Crippen molar-refractivity contribution in [1.82, 2.24) is 10.6 Å². The SMILES string of the molecule is CC1=CC=CCC1.CN=CNC=NCC=O.O=C(Nc1ccc(Oc2ccc(Cl)cc2)cc1)[C@@H]1CCCN1. The summed E-state index contributed by atoms with van der Waals surface area (Å²) in [5.41, 5.74) is 2.27. The number of aldehydes is 1. The number of amides is 1. The number of anilines is 1. The number of ether oxygens (including phenoxy) is 1. The van der Waals surface area contributed by atoms with Crippen molar-refractivity contribution in [1.29, 1.82) is 0 Å². The molecule has 2 aromatic rings. The molecule has 4 rings (SSSR count). The van der Waals surface area contributed by atoms with E-state index in [1.54, 1.807) is 19.2 Å². The molecule has 38 heavy (non-hydrogen) atoms. The minimum absolute atomic E-state index is 0.0175. The third kappa shape index (κ3) is 13.0. The molecule has 1 saturated heterocycles. The summed E-state index contributed by atoms with van der Waals surface area (Å²) in [6.45, 7) is 3.28. The molecule has 0 saturated carbocycles. The lowest BCUT2D eigenvalue weighted by Gasteiger charge is -2.11. The first kappa shape index (κ1) is 30.5. The van der Waals surface area contributed by atoms with Crippen molar-refractivity contribution in [2.75, 3.05) is 25.5 Å². The number of hydrogen-bond acceptors (Lipinski definition) is 6. The Bertz CT molecular complexity index is 1090. The van der Waals surface area contributed by atoms with Gasteiger partial charge in [0.25, 0.3) is 0 Å². The molecule has 1 atom stereocenters. The number of carbonyl (C=O) groups excluding carboxylic acids is 2. The van der Waals surface area contributed by atoms with E-state index in [2.05, 4.69) is 51.1 Å². The fourth-order valence-electron chi connectivity index (χ4n) is 3.36. The Labute approximate surface area is 229 Å². The number of halogens is 1. The Morgan fingerprint density at radius 1 is 1.13 bits per heavy atom. The molecular formula is C29H36ClN5O3. The topological polar surface area (TPSA) is 104 Å². The highest BCUT2D eigenvalue weighted by atomic mass is 35.5. The van der Waals surface area contributed by atoms with Crippen molar-refractivity contribution < 1.29 is 14.3 Å². The number of carbonyl (C=O) groups is 2. The molecule has 0 unspecified atom stereocenters. The molecule has 1 aliphatic carbocycles. The highest BCUT2D eigenvalue weighted by Crippen LogP contribution is 2.24. The van der Waals surface area contributed by atoms with Gasteiger partial charge in [0.05, 0.1) is 25.3 Å². The summed E-state index contributed by atoms with van der Waals surface area (Å²) in [6.07, 6.45) is 14.6. The molecule has 0 spiro atoms. The maximum atomic E-state index is 12.0. The molecule has 9 heteroatoms. The van der Waals surface area contributed by atoms with E-state index in [1.807, 2.05) is 36.4 Å². The lowest BCUT2D eigenvalue weighted by molar-refractivity contribution is -0.117. The molecule has 1 amide bonds. The number of aliphatic imine (C=N–C) groups is 2. The van der Waals surface area contributed by atoms with Crippen molar-refractivity contribution in [3.05, 3.63) is 77.4 Å². The summed E-state index contributed by atoms with van der Waals surface area (Å²) in [6, 6.07) is 14.4. The molecule has 1 heterocycles. The first-order chi connectivity index (χ1) is 18.5. The predicted molar refractivity (Wildman–Crippen MR) is 157 cm³/mol. The average Bonchev–Trinajstić information content (AvgIpc) is 3.48. The van der Waals surface area contributed by atoms with Crippen molar-refractivity contribution in [2.45, 2.75) is 38.6 Å². The first-order valence-electron chi connectivity index (χ1n) is 12.5. The Balaban J connectivity index is 0.000000260. The highest BCUT2D eigenvalue weighted by molar-refractivity contribution is 6.30. The zero-order chi connectivity index (χ0) is 27.4. The van der Waals surface area contributed by atoms with Gasteiger partial charge in [0.15, 0.2) is 0 Å². The van der Waals surface area contributed by atoms with Crippen LogP contribution < -0.4 is 20.7 Å². The summed E-state index contributed by atoms with van der Waals surface area (Å²) in [4.78, 5) is 28.9. The molecule has 0 aromatic heterocycles. The number of benzene rings is 2. The van der Waals surface area contributed by atoms with Crippen LogP contribution in [0.25, 0.3) is 0 Å². The van der Waals surface area contributed by atoms with Gasteiger partial charge in [0.1, 0.15) is 17.8 Å². The predicted octanol–water partition coefficient (Wildman–Crippen LogP) is 5.57. The third-order valence-corrected chi connectivity index (χ3v) is 5.57. The zero-order valence-corrected chi connectivity index (χ0v) is 22.7. The fraction of sp³-hybridized carbons (Fsp3) is 0.310. The first-order valence-corrected chi connectivity index (χ1v) is 12.9. The quantitative estimate of drug-likeness (QED) is 0.232. The van der Waals surface area contributed by atoms with E-state index >= 15 is 0 Å². The van der Waals surface area contributed by atoms with Crippen LogP contribution >= 0.6 is 11.6 Å². The molecule has 8 nitrogen and oxygen atoms in total. The van der Waals surface area contributed by atoms with Crippen LogP contribution in [0.3, 0.4) is 0 Å². The molecule has 0 radical (unpaired) electrons. The van der Waals surface area contributed by atoms with Crippen LogP contribution in [-0.4, -0.2) is 51.0 Å². The van der Waals surface area contributed by atoms with Crippen LogP contribution in [0.15, 0.2) is 82.3 Å². The Morgan fingerprint density at radius 3 is 2.37 bits per heavy atom. The van der Waals surface area contributed by atoms with E-state index < -0.39 is 0 Å². The third-order valence-electron chi connectivity index (χ3n) is 5.32. The fourth-order valence-corrected chi connectivity index (χ4v) is 3.49. The zero-order valence-electron chi connectivity index (χ0n) is 21.9. The number of nitrogens with zero attached hydrogens (tertiary/aromatic N) is 2. The second-order valence-corrected chi connectivity index (χ2v) is 8.85. The Kier molecular flexibility index (Phi) is 14.8. The number of allylic oxidation sites excluding steroid dienone is 4. The molecule has 0 bridgehead atoms. The van der Waals surface area contributed by atoms with E-state index in [1.165, 1.54) is 31.1 Å². The van der Waals surface area contributed by atoms with Crippen molar-refractivity contribution in [3.8, 4) is 11.5 Å². The lowest BCUT2D eigenvalue weighted by Crippen LogP contribution is -2.35. The van der Waals surface area contributed by atoms with Gasteiger partial charge in [-0.05, 0) is 87.7 Å². The van der Waals surface area contributed by atoms with E-state index in [0.717, 1.165) is 37.1 Å². The second-order valence-electron chi connectivity index (χ2n) is 8.41. The normalized spacial score (nSPS) is 16.1. The van der Waals surface area contributed by atoms with Crippen molar-refractivity contribution in [3.63, 3.8) is 0 Å². The number of rotatable bonds is 8. The smallest absolute Gasteiger partial charge is 0.241 e. The molecular weight excluding hydrogens is 502 g/mol. The summed E-state index contributed by atoms with van der Waals surface area (Å²) >= 11 is 5.84. The van der Waals surface area contributed by atoms with Gasteiger partial charge in [-0.2, -0.15) is 0 Å². The van der Waals surface area contributed by atoms with Crippen LogP contribution in [0.4, 0.5) is 5.69 Å². The van der Waals surface area contributed by atoms with E-state index in [-0.39, 0.29) is 18.5 Å². The van der Waals surface area contributed by atoms with Gasteiger partial charge in [0, 0.05) is 17.8 Å². The molecule has 202 valence electrons.